The molecule has 2 heterocycles. The van der Waals surface area contributed by atoms with E-state index in [4.69, 9.17) is 4.42 Å². The fraction of sp³-hybridized carbons (Fsp3) is 0.188. The molecule has 4 heteroatoms. The molecule has 0 saturated heterocycles. The molecule has 0 amide bonds. The van der Waals surface area contributed by atoms with Crippen LogP contribution in [0, 0.1) is 5.82 Å². The van der Waals surface area contributed by atoms with Gasteiger partial charge in [0.05, 0.1) is 6.04 Å². The van der Waals surface area contributed by atoms with Gasteiger partial charge >= 0.3 is 0 Å². The summed E-state index contributed by atoms with van der Waals surface area (Å²) in [6.07, 6.45) is 4.34. The first-order valence-corrected chi connectivity index (χ1v) is 6.51. The van der Waals surface area contributed by atoms with Crippen molar-refractivity contribution in [2.75, 3.05) is 7.05 Å². The summed E-state index contributed by atoms with van der Waals surface area (Å²) in [6.45, 7) is 0. The van der Waals surface area contributed by atoms with Gasteiger partial charge in [-0.15, -0.1) is 0 Å². The van der Waals surface area contributed by atoms with E-state index in [1.807, 2.05) is 25.2 Å². The number of benzene rings is 1. The second-order valence-corrected chi connectivity index (χ2v) is 4.73. The minimum absolute atomic E-state index is 0.0489. The molecule has 1 N–H and O–H groups in total. The molecule has 0 fully saturated rings. The zero-order valence-corrected chi connectivity index (χ0v) is 11.1. The minimum Gasteiger partial charge on any atom is -0.459 e. The molecule has 3 rings (SSSR count). The van der Waals surface area contributed by atoms with E-state index in [1.165, 1.54) is 17.7 Å². The van der Waals surface area contributed by atoms with Gasteiger partial charge in [-0.1, -0.05) is 0 Å². The first-order chi connectivity index (χ1) is 9.76. The van der Waals surface area contributed by atoms with E-state index in [2.05, 4.69) is 10.3 Å². The predicted octanol–water partition coefficient (Wildman–Crippen LogP) is 3.47. The minimum atomic E-state index is -0.250. The normalized spacial score (nSPS) is 12.7. The summed E-state index contributed by atoms with van der Waals surface area (Å²) < 4.78 is 19.0. The van der Waals surface area contributed by atoms with Gasteiger partial charge in [0.15, 0.2) is 0 Å². The Bertz CT molecular complexity index is 709. The maximum absolute atomic E-state index is 13.2. The Hall–Kier alpha value is -2.20. The lowest BCUT2D eigenvalue weighted by molar-refractivity contribution is 0.450. The van der Waals surface area contributed by atoms with Crippen LogP contribution >= 0.6 is 0 Å². The van der Waals surface area contributed by atoms with Crippen molar-refractivity contribution in [2.45, 2.75) is 12.5 Å². The molecule has 0 aliphatic heterocycles. The van der Waals surface area contributed by atoms with Crippen molar-refractivity contribution in [2.24, 2.45) is 0 Å². The van der Waals surface area contributed by atoms with Gasteiger partial charge in [0.25, 0.3) is 0 Å². The molecule has 3 nitrogen and oxygen atoms in total. The Morgan fingerprint density at radius 1 is 1.20 bits per heavy atom. The highest BCUT2D eigenvalue weighted by atomic mass is 19.1. The molecule has 20 heavy (non-hydrogen) atoms. The van der Waals surface area contributed by atoms with Crippen LogP contribution in [0.3, 0.4) is 0 Å². The van der Waals surface area contributed by atoms with Crippen LogP contribution in [0.25, 0.3) is 11.0 Å². The lowest BCUT2D eigenvalue weighted by Gasteiger charge is -2.13. The van der Waals surface area contributed by atoms with Gasteiger partial charge in [0, 0.05) is 17.8 Å². The SMILES string of the molecule is CNC(Cc1ccncc1)c1cc2cc(F)ccc2o1. The standard InChI is InChI=1S/C16H15FN2O/c1-18-14(8-11-4-6-19-7-5-11)16-10-12-9-13(17)2-3-15(12)20-16/h2-7,9-10,14,18H,8H2,1H3. The van der Waals surface area contributed by atoms with Crippen LogP contribution in [0.5, 0.6) is 0 Å². The molecule has 0 spiro atoms. The molecular weight excluding hydrogens is 255 g/mol. The molecule has 1 aromatic carbocycles. The second-order valence-electron chi connectivity index (χ2n) is 4.73. The van der Waals surface area contributed by atoms with Crippen LogP contribution in [-0.4, -0.2) is 12.0 Å². The molecule has 1 unspecified atom stereocenters. The fourth-order valence-corrected chi connectivity index (χ4v) is 2.31. The Labute approximate surface area is 116 Å². The van der Waals surface area contributed by atoms with Gasteiger partial charge in [-0.3, -0.25) is 4.98 Å². The van der Waals surface area contributed by atoms with Crippen LogP contribution in [0.2, 0.25) is 0 Å². The summed E-state index contributed by atoms with van der Waals surface area (Å²) in [5, 5.41) is 4.02. The van der Waals surface area contributed by atoms with E-state index in [-0.39, 0.29) is 11.9 Å². The third-order valence-electron chi connectivity index (χ3n) is 3.38. The summed E-state index contributed by atoms with van der Waals surface area (Å²) >= 11 is 0. The van der Waals surface area contributed by atoms with Crippen molar-refractivity contribution in [1.82, 2.24) is 10.3 Å². The van der Waals surface area contributed by atoms with Crippen molar-refractivity contribution >= 4 is 11.0 Å². The summed E-state index contributed by atoms with van der Waals surface area (Å²) in [5.74, 6) is 0.560. The zero-order chi connectivity index (χ0) is 13.9. The van der Waals surface area contributed by atoms with Crippen molar-refractivity contribution in [1.29, 1.82) is 0 Å². The van der Waals surface area contributed by atoms with Crippen LogP contribution in [-0.2, 0) is 6.42 Å². The number of furan rings is 1. The van der Waals surface area contributed by atoms with Crippen molar-refractivity contribution in [3.8, 4) is 0 Å². The van der Waals surface area contributed by atoms with E-state index in [0.29, 0.717) is 5.58 Å². The summed E-state index contributed by atoms with van der Waals surface area (Å²) in [6, 6.07) is 10.5. The molecule has 2 aromatic heterocycles. The monoisotopic (exact) mass is 270 g/mol. The van der Waals surface area contributed by atoms with E-state index in [1.54, 1.807) is 18.5 Å². The topological polar surface area (TPSA) is 38.1 Å². The van der Waals surface area contributed by atoms with Crippen LogP contribution in [0.4, 0.5) is 4.39 Å². The number of hydrogen-bond donors (Lipinski definition) is 1. The number of pyridine rings is 1. The third-order valence-corrected chi connectivity index (χ3v) is 3.38. The number of hydrogen-bond acceptors (Lipinski definition) is 3. The van der Waals surface area contributed by atoms with Crippen molar-refractivity contribution in [3.63, 3.8) is 0 Å². The lowest BCUT2D eigenvalue weighted by atomic mass is 10.1. The number of fused-ring (bicyclic) bond motifs is 1. The van der Waals surface area contributed by atoms with Gasteiger partial charge in [0.2, 0.25) is 0 Å². The smallest absolute Gasteiger partial charge is 0.134 e. The number of aromatic nitrogens is 1. The Kier molecular flexibility index (Phi) is 3.48. The van der Waals surface area contributed by atoms with Gasteiger partial charge in [-0.2, -0.15) is 0 Å². The predicted molar refractivity (Wildman–Crippen MR) is 75.9 cm³/mol. The highest BCUT2D eigenvalue weighted by molar-refractivity contribution is 5.78. The van der Waals surface area contributed by atoms with E-state index < -0.39 is 0 Å². The summed E-state index contributed by atoms with van der Waals surface area (Å²) in [7, 11) is 1.89. The molecule has 3 aromatic rings. The van der Waals surface area contributed by atoms with Crippen LogP contribution < -0.4 is 5.32 Å². The van der Waals surface area contributed by atoms with Crippen molar-refractivity contribution < 1.29 is 8.81 Å². The Morgan fingerprint density at radius 3 is 2.75 bits per heavy atom. The number of nitrogens with zero attached hydrogens (tertiary/aromatic N) is 1. The quantitative estimate of drug-likeness (QED) is 0.789. The number of halogens is 1. The molecule has 0 saturated carbocycles. The van der Waals surface area contributed by atoms with Gasteiger partial charge < -0.3 is 9.73 Å². The highest BCUT2D eigenvalue weighted by Gasteiger charge is 2.15. The van der Waals surface area contributed by atoms with E-state index in [9.17, 15) is 4.39 Å². The first-order valence-electron chi connectivity index (χ1n) is 6.51. The lowest BCUT2D eigenvalue weighted by Crippen LogP contribution is -2.18. The maximum atomic E-state index is 13.2. The zero-order valence-electron chi connectivity index (χ0n) is 11.1. The molecule has 0 radical (unpaired) electrons. The molecule has 102 valence electrons. The average molecular weight is 270 g/mol. The van der Waals surface area contributed by atoms with Crippen molar-refractivity contribution in [3.05, 3.63) is 65.9 Å². The van der Waals surface area contributed by atoms with E-state index in [0.717, 1.165) is 17.6 Å². The molecule has 0 aliphatic rings. The summed E-state index contributed by atoms with van der Waals surface area (Å²) in [5.41, 5.74) is 1.88. The third kappa shape index (κ3) is 2.56. The Morgan fingerprint density at radius 2 is 2.00 bits per heavy atom. The summed E-state index contributed by atoms with van der Waals surface area (Å²) in [4.78, 5) is 4.01. The second kappa shape index (κ2) is 5.43. The number of rotatable bonds is 4. The van der Waals surface area contributed by atoms with Gasteiger partial charge in [0.1, 0.15) is 17.2 Å². The van der Waals surface area contributed by atoms with E-state index >= 15 is 0 Å². The molecular formula is C16H15FN2O. The number of likely N-dealkylation sites (N-methyl/N-ethyl adjacent to an activating group) is 1. The Balaban J connectivity index is 1.91. The van der Waals surface area contributed by atoms with Crippen LogP contribution in [0.15, 0.2) is 53.2 Å². The van der Waals surface area contributed by atoms with Gasteiger partial charge in [-0.25, -0.2) is 4.39 Å². The first kappa shape index (κ1) is 12.8. The van der Waals surface area contributed by atoms with Crippen LogP contribution in [0.1, 0.15) is 17.4 Å². The largest absolute Gasteiger partial charge is 0.459 e. The fourth-order valence-electron chi connectivity index (χ4n) is 2.31. The highest BCUT2D eigenvalue weighted by Crippen LogP contribution is 2.26. The maximum Gasteiger partial charge on any atom is 0.134 e. The average Bonchev–Trinajstić information content (AvgIpc) is 2.88. The molecule has 0 aliphatic carbocycles. The number of nitrogens with one attached hydrogen (secondary N) is 1. The molecule has 1 atom stereocenters. The van der Waals surface area contributed by atoms with Gasteiger partial charge in [-0.05, 0) is 55.4 Å². The molecule has 0 bridgehead atoms.